The predicted molar refractivity (Wildman–Crippen MR) is 77.0 cm³/mol. The molecule has 0 aliphatic carbocycles. The van der Waals surface area contributed by atoms with Crippen molar-refractivity contribution in [2.45, 2.75) is 11.8 Å². The first-order valence-electron chi connectivity index (χ1n) is 5.77. The van der Waals surface area contributed by atoms with Gasteiger partial charge in [-0.15, -0.1) is 0 Å². The van der Waals surface area contributed by atoms with Crippen LogP contribution in [-0.2, 0) is 10.1 Å². The van der Waals surface area contributed by atoms with E-state index in [0.717, 1.165) is 0 Å². The van der Waals surface area contributed by atoms with Crippen LogP contribution < -0.4 is 8.92 Å². The molecule has 0 atom stereocenters. The van der Waals surface area contributed by atoms with Crippen LogP contribution in [0.4, 0.5) is 0 Å². The zero-order valence-corrected chi connectivity index (χ0v) is 12.5. The summed E-state index contributed by atoms with van der Waals surface area (Å²) in [5, 5.41) is 0.508. The second-order valence-electron chi connectivity index (χ2n) is 4.12. The van der Waals surface area contributed by atoms with Gasteiger partial charge in [-0.1, -0.05) is 11.6 Å². The van der Waals surface area contributed by atoms with Crippen LogP contribution in [0.15, 0.2) is 47.4 Å². The maximum absolute atomic E-state index is 12.1. The first-order chi connectivity index (χ1) is 9.42. The lowest BCUT2D eigenvalue weighted by atomic mass is 10.2. The molecule has 2 aromatic rings. The second kappa shape index (κ2) is 5.73. The monoisotopic (exact) mass is 312 g/mol. The van der Waals surface area contributed by atoms with Crippen LogP contribution in [0, 0.1) is 6.92 Å². The molecular formula is C14H13ClO4S. The molecule has 0 saturated heterocycles. The minimum atomic E-state index is -3.87. The van der Waals surface area contributed by atoms with Crippen molar-refractivity contribution in [1.29, 1.82) is 0 Å². The summed E-state index contributed by atoms with van der Waals surface area (Å²) in [6, 6.07) is 10.7. The molecule has 0 aromatic heterocycles. The van der Waals surface area contributed by atoms with E-state index in [-0.39, 0.29) is 10.6 Å². The van der Waals surface area contributed by atoms with Gasteiger partial charge in [-0.2, -0.15) is 8.42 Å². The molecule has 2 rings (SSSR count). The molecule has 0 fully saturated rings. The third-order valence-corrected chi connectivity index (χ3v) is 4.35. The molecule has 0 radical (unpaired) electrons. The summed E-state index contributed by atoms with van der Waals surface area (Å²) in [6.45, 7) is 1.73. The molecule has 20 heavy (non-hydrogen) atoms. The van der Waals surface area contributed by atoms with Gasteiger partial charge in [0, 0.05) is 5.02 Å². The number of ether oxygens (including phenoxy) is 1. The Morgan fingerprint density at radius 3 is 2.15 bits per heavy atom. The minimum Gasteiger partial charge on any atom is -0.497 e. The summed E-state index contributed by atoms with van der Waals surface area (Å²) < 4.78 is 34.3. The Kier molecular flexibility index (Phi) is 4.20. The van der Waals surface area contributed by atoms with Gasteiger partial charge in [-0.05, 0) is 55.0 Å². The minimum absolute atomic E-state index is 0.0650. The molecule has 4 nitrogen and oxygen atoms in total. The number of rotatable bonds is 4. The Bertz CT molecular complexity index is 708. The van der Waals surface area contributed by atoms with E-state index in [1.807, 2.05) is 0 Å². The summed E-state index contributed by atoms with van der Waals surface area (Å²) >= 11 is 5.87. The van der Waals surface area contributed by atoms with E-state index >= 15 is 0 Å². The van der Waals surface area contributed by atoms with Crippen molar-refractivity contribution in [2.75, 3.05) is 7.11 Å². The molecule has 2 aromatic carbocycles. The predicted octanol–water partition coefficient (Wildman–Crippen LogP) is 3.42. The van der Waals surface area contributed by atoms with Gasteiger partial charge in [0.1, 0.15) is 16.4 Å². The van der Waals surface area contributed by atoms with E-state index in [1.165, 1.54) is 37.4 Å². The molecule has 0 saturated carbocycles. The maximum atomic E-state index is 12.1. The summed E-state index contributed by atoms with van der Waals surface area (Å²) in [5.74, 6) is 0.843. The van der Waals surface area contributed by atoms with E-state index in [4.69, 9.17) is 20.5 Å². The standard InChI is InChI=1S/C14H13ClO4S/c1-10-9-13(7-8-14(10)15)20(16,17)19-12-5-3-11(18-2)4-6-12/h3-9H,1-2H3. The molecular weight excluding hydrogens is 300 g/mol. The molecule has 0 bridgehead atoms. The van der Waals surface area contributed by atoms with Gasteiger partial charge >= 0.3 is 10.1 Å². The number of hydrogen-bond donors (Lipinski definition) is 0. The van der Waals surface area contributed by atoms with Crippen molar-refractivity contribution < 1.29 is 17.3 Å². The first kappa shape index (κ1) is 14.7. The van der Waals surface area contributed by atoms with Crippen LogP contribution in [0.25, 0.3) is 0 Å². The third kappa shape index (κ3) is 3.23. The van der Waals surface area contributed by atoms with Crippen molar-refractivity contribution >= 4 is 21.7 Å². The second-order valence-corrected chi connectivity index (χ2v) is 6.08. The first-order valence-corrected chi connectivity index (χ1v) is 7.56. The third-order valence-electron chi connectivity index (χ3n) is 2.68. The van der Waals surface area contributed by atoms with Gasteiger partial charge in [0.15, 0.2) is 0 Å². The van der Waals surface area contributed by atoms with Crippen LogP contribution in [0.2, 0.25) is 5.02 Å². The quantitative estimate of drug-likeness (QED) is 0.812. The highest BCUT2D eigenvalue weighted by molar-refractivity contribution is 7.87. The van der Waals surface area contributed by atoms with Crippen LogP contribution in [0.3, 0.4) is 0 Å². The summed E-state index contributed by atoms with van der Waals surface area (Å²) in [5.41, 5.74) is 0.672. The summed E-state index contributed by atoms with van der Waals surface area (Å²) in [6.07, 6.45) is 0. The SMILES string of the molecule is COc1ccc(OS(=O)(=O)c2ccc(Cl)c(C)c2)cc1. The van der Waals surface area contributed by atoms with Crippen LogP contribution in [0.1, 0.15) is 5.56 Å². The lowest BCUT2D eigenvalue weighted by Crippen LogP contribution is -2.09. The number of hydrogen-bond acceptors (Lipinski definition) is 4. The Morgan fingerprint density at radius 2 is 1.60 bits per heavy atom. The van der Waals surface area contributed by atoms with Crippen molar-refractivity contribution in [2.24, 2.45) is 0 Å². The van der Waals surface area contributed by atoms with Crippen LogP contribution >= 0.6 is 11.6 Å². The van der Waals surface area contributed by atoms with Gasteiger partial charge < -0.3 is 8.92 Å². The number of aryl methyl sites for hydroxylation is 1. The van der Waals surface area contributed by atoms with Crippen LogP contribution in [-0.4, -0.2) is 15.5 Å². The Labute approximate surface area is 123 Å². The molecule has 0 spiro atoms. The van der Waals surface area contributed by atoms with E-state index in [9.17, 15) is 8.42 Å². The Hall–Kier alpha value is -1.72. The molecule has 6 heteroatoms. The van der Waals surface area contributed by atoms with Gasteiger partial charge in [-0.3, -0.25) is 0 Å². The fraction of sp³-hybridized carbons (Fsp3) is 0.143. The van der Waals surface area contributed by atoms with Crippen molar-refractivity contribution in [3.8, 4) is 11.5 Å². The average Bonchev–Trinajstić information content (AvgIpc) is 2.42. The highest BCUT2D eigenvalue weighted by Crippen LogP contribution is 2.24. The van der Waals surface area contributed by atoms with E-state index in [1.54, 1.807) is 19.1 Å². The smallest absolute Gasteiger partial charge is 0.339 e. The van der Waals surface area contributed by atoms with Gasteiger partial charge in [0.2, 0.25) is 0 Å². The number of halogens is 1. The molecule has 0 N–H and O–H groups in total. The van der Waals surface area contributed by atoms with E-state index < -0.39 is 10.1 Å². The van der Waals surface area contributed by atoms with Gasteiger partial charge in [0.05, 0.1) is 7.11 Å². The van der Waals surface area contributed by atoms with Crippen molar-refractivity contribution in [3.05, 3.63) is 53.1 Å². The molecule has 0 unspecified atom stereocenters. The molecule has 0 aliphatic rings. The van der Waals surface area contributed by atoms with E-state index in [0.29, 0.717) is 16.3 Å². The van der Waals surface area contributed by atoms with Crippen molar-refractivity contribution in [3.63, 3.8) is 0 Å². The summed E-state index contributed by atoms with van der Waals surface area (Å²) in [4.78, 5) is 0.0650. The average molecular weight is 313 g/mol. The molecule has 106 valence electrons. The topological polar surface area (TPSA) is 52.6 Å². The van der Waals surface area contributed by atoms with Crippen LogP contribution in [0.5, 0.6) is 11.5 Å². The molecule has 0 aliphatic heterocycles. The normalized spacial score (nSPS) is 11.2. The highest BCUT2D eigenvalue weighted by Gasteiger charge is 2.17. The Morgan fingerprint density at radius 1 is 1.00 bits per heavy atom. The fourth-order valence-electron chi connectivity index (χ4n) is 1.58. The summed E-state index contributed by atoms with van der Waals surface area (Å²) in [7, 11) is -2.34. The maximum Gasteiger partial charge on any atom is 0.339 e. The van der Waals surface area contributed by atoms with Gasteiger partial charge in [-0.25, -0.2) is 0 Å². The zero-order chi connectivity index (χ0) is 14.8. The highest BCUT2D eigenvalue weighted by atomic mass is 35.5. The number of methoxy groups -OCH3 is 1. The van der Waals surface area contributed by atoms with Crippen molar-refractivity contribution in [1.82, 2.24) is 0 Å². The largest absolute Gasteiger partial charge is 0.497 e. The number of benzene rings is 2. The van der Waals surface area contributed by atoms with Gasteiger partial charge in [0.25, 0.3) is 0 Å². The molecule has 0 heterocycles. The fourth-order valence-corrected chi connectivity index (χ4v) is 2.71. The Balaban J connectivity index is 2.27. The lowest BCUT2D eigenvalue weighted by molar-refractivity contribution is 0.413. The van der Waals surface area contributed by atoms with E-state index in [2.05, 4.69) is 0 Å². The molecule has 0 amide bonds. The lowest BCUT2D eigenvalue weighted by Gasteiger charge is -2.08. The zero-order valence-electron chi connectivity index (χ0n) is 11.0.